The molecule has 4 aliphatic rings. The number of alkyl halides is 3. The highest BCUT2D eigenvalue weighted by atomic mass is 19.4. The summed E-state index contributed by atoms with van der Waals surface area (Å²) in [6.07, 6.45) is 0.683. The third-order valence-corrected chi connectivity index (χ3v) is 7.36. The van der Waals surface area contributed by atoms with E-state index in [1.165, 1.54) is 18.2 Å². The molecule has 3 unspecified atom stereocenters. The first-order valence-electron chi connectivity index (χ1n) is 12.8. The van der Waals surface area contributed by atoms with E-state index in [1.54, 1.807) is 12.1 Å². The number of hydrogen-bond acceptors (Lipinski definition) is 6. The summed E-state index contributed by atoms with van der Waals surface area (Å²) in [7, 11) is 0. The van der Waals surface area contributed by atoms with Crippen LogP contribution in [-0.2, 0) is 20.9 Å². The summed E-state index contributed by atoms with van der Waals surface area (Å²) in [5.41, 5.74) is 5.79. The number of nitrogens with one attached hydrogen (secondary N) is 3. The molecule has 4 atom stereocenters. The third-order valence-electron chi connectivity index (χ3n) is 7.36. The van der Waals surface area contributed by atoms with Crippen LogP contribution in [0.1, 0.15) is 18.4 Å². The second-order valence-electron chi connectivity index (χ2n) is 9.95. The summed E-state index contributed by atoms with van der Waals surface area (Å²) in [6, 6.07) is 5.77. The molecule has 0 bridgehead atoms. The lowest BCUT2D eigenvalue weighted by molar-refractivity contribution is -0.121. The number of amidine groups is 1. The summed E-state index contributed by atoms with van der Waals surface area (Å²) in [5.74, 6) is -1.01. The van der Waals surface area contributed by atoms with E-state index >= 15 is 0 Å². The Kier molecular flexibility index (Phi) is 8.12. The first-order valence-corrected chi connectivity index (χ1v) is 12.8. The second-order valence-corrected chi connectivity index (χ2v) is 9.95. The number of allylic oxidation sites excluding steroid dienone is 2. The summed E-state index contributed by atoms with van der Waals surface area (Å²) >= 11 is 0. The molecule has 0 radical (unpaired) electrons. The van der Waals surface area contributed by atoms with Crippen molar-refractivity contribution in [3.05, 3.63) is 59.4 Å². The number of ether oxygens (including phenoxy) is 2. The maximum atomic E-state index is 13.3. The number of likely N-dealkylation sites (tertiary alicyclic amines) is 1. The lowest BCUT2D eigenvalue weighted by atomic mass is 9.92. The second kappa shape index (κ2) is 11.5. The first kappa shape index (κ1) is 26.8. The molecule has 206 valence electrons. The van der Waals surface area contributed by atoms with Crippen molar-refractivity contribution in [2.45, 2.75) is 49.9 Å². The number of amides is 1. The SMILES string of the molecule is O=C(CN=C1NNC2C=CC(C(F)(F)F)=CC12)NC1CN(C2CCOCC2)C[C@@H]1OCc1ccc(F)cc1. The van der Waals surface area contributed by atoms with E-state index in [-0.39, 0.29) is 48.9 Å². The van der Waals surface area contributed by atoms with Gasteiger partial charge in [-0.3, -0.25) is 14.7 Å². The van der Waals surface area contributed by atoms with Crippen LogP contribution in [0, 0.1) is 11.7 Å². The molecular formula is C26H31F4N5O3. The molecule has 0 aromatic heterocycles. The smallest absolute Gasteiger partial charge is 0.381 e. The molecule has 3 aliphatic heterocycles. The topological polar surface area (TPSA) is 87.2 Å². The van der Waals surface area contributed by atoms with Gasteiger partial charge in [-0.2, -0.15) is 13.2 Å². The van der Waals surface area contributed by atoms with Crippen molar-refractivity contribution >= 4 is 11.7 Å². The Hall–Kier alpha value is -2.80. The standard InChI is InChI=1S/C26H31F4N5O3/c27-18-4-1-16(2-5-18)15-38-23-14-35(19-7-9-37-10-8-19)13-22(23)32-24(36)12-31-25-20-11-17(26(28,29)30)3-6-21(20)33-34-25/h1-6,11,19-23,33H,7-10,12-15H2,(H,31,34)(H,32,36)/t20?,21?,22?,23-/m0/s1. The molecule has 0 saturated carbocycles. The maximum Gasteiger partial charge on any atom is 0.416 e. The minimum atomic E-state index is -4.45. The van der Waals surface area contributed by atoms with E-state index in [2.05, 4.69) is 26.1 Å². The van der Waals surface area contributed by atoms with Crippen LogP contribution in [0.5, 0.6) is 0 Å². The average Bonchev–Trinajstić information content (AvgIpc) is 3.50. The van der Waals surface area contributed by atoms with Crippen molar-refractivity contribution in [1.29, 1.82) is 0 Å². The van der Waals surface area contributed by atoms with Gasteiger partial charge >= 0.3 is 6.18 Å². The average molecular weight is 538 g/mol. The van der Waals surface area contributed by atoms with E-state index in [0.717, 1.165) is 30.6 Å². The highest BCUT2D eigenvalue weighted by Gasteiger charge is 2.40. The Morgan fingerprint density at radius 2 is 1.95 bits per heavy atom. The number of nitrogens with zero attached hydrogens (tertiary/aromatic N) is 2. The van der Waals surface area contributed by atoms with Crippen LogP contribution in [0.15, 0.2) is 53.1 Å². The van der Waals surface area contributed by atoms with Gasteiger partial charge in [-0.25, -0.2) is 9.82 Å². The van der Waals surface area contributed by atoms with Gasteiger partial charge in [0.15, 0.2) is 0 Å². The number of halogens is 4. The van der Waals surface area contributed by atoms with E-state index < -0.39 is 17.7 Å². The van der Waals surface area contributed by atoms with Crippen molar-refractivity contribution in [2.75, 3.05) is 32.8 Å². The van der Waals surface area contributed by atoms with Crippen LogP contribution in [0.25, 0.3) is 0 Å². The predicted molar refractivity (Wildman–Crippen MR) is 131 cm³/mol. The lowest BCUT2D eigenvalue weighted by Crippen LogP contribution is -2.45. The van der Waals surface area contributed by atoms with Crippen LogP contribution in [0.2, 0.25) is 0 Å². The van der Waals surface area contributed by atoms with Gasteiger partial charge in [-0.1, -0.05) is 30.4 Å². The van der Waals surface area contributed by atoms with Crippen LogP contribution in [0.3, 0.4) is 0 Å². The molecule has 1 aromatic carbocycles. The van der Waals surface area contributed by atoms with Gasteiger partial charge in [0.1, 0.15) is 18.2 Å². The van der Waals surface area contributed by atoms with E-state index in [1.807, 2.05) is 0 Å². The first-order chi connectivity index (χ1) is 18.3. The normalized spacial score (nSPS) is 29.3. The molecule has 12 heteroatoms. The number of fused-ring (bicyclic) bond motifs is 1. The number of hydrogen-bond donors (Lipinski definition) is 3. The molecule has 1 amide bonds. The van der Waals surface area contributed by atoms with Gasteiger partial charge in [0, 0.05) is 32.3 Å². The fourth-order valence-corrected chi connectivity index (χ4v) is 5.29. The van der Waals surface area contributed by atoms with Gasteiger partial charge < -0.3 is 20.2 Å². The Bertz CT molecular complexity index is 1090. The fraction of sp³-hybridized carbons (Fsp3) is 0.538. The quantitative estimate of drug-likeness (QED) is 0.463. The van der Waals surface area contributed by atoms with Crippen molar-refractivity contribution in [1.82, 2.24) is 21.1 Å². The lowest BCUT2D eigenvalue weighted by Gasteiger charge is -2.30. The molecule has 3 fully saturated rings. The molecule has 3 N–H and O–H groups in total. The Balaban J connectivity index is 1.21. The van der Waals surface area contributed by atoms with Gasteiger partial charge in [0.05, 0.1) is 36.3 Å². The van der Waals surface area contributed by atoms with Crippen molar-refractivity contribution in [2.24, 2.45) is 10.9 Å². The molecular weight excluding hydrogens is 506 g/mol. The molecule has 0 spiro atoms. The van der Waals surface area contributed by atoms with Gasteiger partial charge in [0.2, 0.25) is 5.91 Å². The molecule has 3 saturated heterocycles. The van der Waals surface area contributed by atoms with Crippen molar-refractivity contribution < 1.29 is 31.8 Å². The number of carbonyl (C=O) groups excluding carboxylic acids is 1. The van der Waals surface area contributed by atoms with Crippen LogP contribution in [0.4, 0.5) is 17.6 Å². The number of benzene rings is 1. The maximum absolute atomic E-state index is 13.3. The molecule has 1 aliphatic carbocycles. The molecule has 5 rings (SSSR count). The zero-order valence-corrected chi connectivity index (χ0v) is 20.7. The van der Waals surface area contributed by atoms with E-state index in [4.69, 9.17) is 9.47 Å². The van der Waals surface area contributed by atoms with E-state index in [0.29, 0.717) is 32.3 Å². The van der Waals surface area contributed by atoms with E-state index in [9.17, 15) is 22.4 Å². The summed E-state index contributed by atoms with van der Waals surface area (Å²) < 4.78 is 64.4. The Morgan fingerprint density at radius 3 is 2.68 bits per heavy atom. The van der Waals surface area contributed by atoms with Crippen molar-refractivity contribution in [3.8, 4) is 0 Å². The predicted octanol–water partition coefficient (Wildman–Crippen LogP) is 2.24. The molecule has 3 heterocycles. The van der Waals surface area contributed by atoms with Gasteiger partial charge in [0.25, 0.3) is 0 Å². The Morgan fingerprint density at radius 1 is 1.18 bits per heavy atom. The third kappa shape index (κ3) is 6.42. The highest BCUT2D eigenvalue weighted by molar-refractivity contribution is 5.91. The van der Waals surface area contributed by atoms with Crippen LogP contribution >= 0.6 is 0 Å². The zero-order valence-electron chi connectivity index (χ0n) is 20.7. The number of hydrazine groups is 1. The van der Waals surface area contributed by atoms with Crippen LogP contribution in [-0.4, -0.2) is 79.9 Å². The highest BCUT2D eigenvalue weighted by Crippen LogP contribution is 2.32. The van der Waals surface area contributed by atoms with Crippen molar-refractivity contribution in [3.63, 3.8) is 0 Å². The summed E-state index contributed by atoms with van der Waals surface area (Å²) in [6.45, 7) is 2.68. The number of aliphatic imine (C=N–C) groups is 1. The zero-order chi connectivity index (χ0) is 26.7. The monoisotopic (exact) mass is 537 g/mol. The van der Waals surface area contributed by atoms with Crippen LogP contribution < -0.4 is 16.2 Å². The number of carbonyl (C=O) groups is 1. The largest absolute Gasteiger partial charge is 0.416 e. The molecule has 1 aromatic rings. The Labute approximate surface area is 218 Å². The van der Waals surface area contributed by atoms with Gasteiger partial charge in [-0.15, -0.1) is 0 Å². The minimum Gasteiger partial charge on any atom is -0.381 e. The molecule has 8 nitrogen and oxygen atoms in total. The fourth-order valence-electron chi connectivity index (χ4n) is 5.29. The molecule has 38 heavy (non-hydrogen) atoms. The summed E-state index contributed by atoms with van der Waals surface area (Å²) in [4.78, 5) is 19.5. The minimum absolute atomic E-state index is 0.232. The summed E-state index contributed by atoms with van der Waals surface area (Å²) in [5, 5.41) is 3.01. The van der Waals surface area contributed by atoms with Gasteiger partial charge in [-0.05, 0) is 30.5 Å². The number of rotatable bonds is 7.